The summed E-state index contributed by atoms with van der Waals surface area (Å²) in [6.45, 7) is 1.94. The summed E-state index contributed by atoms with van der Waals surface area (Å²) in [5.74, 6) is -1.09. The van der Waals surface area contributed by atoms with Crippen LogP contribution in [0.5, 0.6) is 0 Å². The first-order valence-electron chi connectivity index (χ1n) is 9.78. The fourth-order valence-corrected chi connectivity index (χ4v) is 3.75. The van der Waals surface area contributed by atoms with Gasteiger partial charge in [-0.05, 0) is 55.5 Å². The standard InChI is InChI=1S/C24H20BrN3O3/c1-15-6-8-16(9-7-15)24(31)28-20-5-3-2-4-19(20)27-23(30)21(28)14-22(29)26-18-12-10-17(25)11-13-18/h2-13,21H,14H2,1H3,(H,26,29)(H,27,30)/t21-/m0/s1. The molecule has 0 aliphatic carbocycles. The topological polar surface area (TPSA) is 78.5 Å². The number of hydrogen-bond acceptors (Lipinski definition) is 3. The number of carbonyl (C=O) groups excluding carboxylic acids is 3. The van der Waals surface area contributed by atoms with Gasteiger partial charge in [0.15, 0.2) is 0 Å². The van der Waals surface area contributed by atoms with Crippen molar-refractivity contribution in [1.82, 2.24) is 0 Å². The highest BCUT2D eigenvalue weighted by Crippen LogP contribution is 2.34. The van der Waals surface area contributed by atoms with E-state index in [9.17, 15) is 14.4 Å². The van der Waals surface area contributed by atoms with Crippen molar-refractivity contribution in [3.8, 4) is 0 Å². The van der Waals surface area contributed by atoms with Crippen LogP contribution in [-0.2, 0) is 9.59 Å². The van der Waals surface area contributed by atoms with Crippen molar-refractivity contribution < 1.29 is 14.4 Å². The van der Waals surface area contributed by atoms with E-state index in [0.717, 1.165) is 10.0 Å². The highest BCUT2D eigenvalue weighted by molar-refractivity contribution is 9.10. The highest BCUT2D eigenvalue weighted by Gasteiger charge is 2.38. The van der Waals surface area contributed by atoms with Crippen LogP contribution in [0, 0.1) is 6.92 Å². The molecule has 1 aliphatic rings. The molecule has 0 radical (unpaired) electrons. The third kappa shape index (κ3) is 4.51. The third-order valence-corrected chi connectivity index (χ3v) is 5.59. The molecule has 3 amide bonds. The van der Waals surface area contributed by atoms with Crippen LogP contribution < -0.4 is 15.5 Å². The van der Waals surface area contributed by atoms with Crippen molar-refractivity contribution in [2.24, 2.45) is 0 Å². The zero-order valence-corrected chi connectivity index (χ0v) is 18.3. The average Bonchev–Trinajstić information content (AvgIpc) is 2.76. The van der Waals surface area contributed by atoms with Gasteiger partial charge in [-0.1, -0.05) is 45.8 Å². The smallest absolute Gasteiger partial charge is 0.259 e. The molecule has 1 heterocycles. The molecule has 31 heavy (non-hydrogen) atoms. The maximum Gasteiger partial charge on any atom is 0.259 e. The molecule has 2 N–H and O–H groups in total. The number of halogens is 1. The van der Waals surface area contributed by atoms with Crippen molar-refractivity contribution in [3.63, 3.8) is 0 Å². The van der Waals surface area contributed by atoms with E-state index in [0.29, 0.717) is 22.6 Å². The van der Waals surface area contributed by atoms with E-state index in [4.69, 9.17) is 0 Å². The Hall–Kier alpha value is -3.45. The van der Waals surface area contributed by atoms with E-state index >= 15 is 0 Å². The molecule has 0 aromatic heterocycles. The first-order valence-corrected chi connectivity index (χ1v) is 10.6. The Bertz CT molecular complexity index is 1140. The van der Waals surface area contributed by atoms with Crippen molar-refractivity contribution in [2.75, 3.05) is 15.5 Å². The molecule has 3 aromatic rings. The second kappa shape index (κ2) is 8.73. The molecule has 0 fully saturated rings. The number of amides is 3. The Morgan fingerprint density at radius 1 is 1.00 bits per heavy atom. The van der Waals surface area contributed by atoms with Gasteiger partial charge < -0.3 is 10.6 Å². The molecule has 1 aliphatic heterocycles. The minimum absolute atomic E-state index is 0.173. The van der Waals surface area contributed by atoms with Crippen molar-refractivity contribution in [2.45, 2.75) is 19.4 Å². The van der Waals surface area contributed by atoms with Crippen molar-refractivity contribution >= 4 is 50.7 Å². The normalized spacial score (nSPS) is 15.1. The van der Waals surface area contributed by atoms with E-state index in [1.807, 2.05) is 31.2 Å². The third-order valence-electron chi connectivity index (χ3n) is 5.06. The Labute approximate surface area is 188 Å². The number of para-hydroxylation sites is 2. The Morgan fingerprint density at radius 2 is 1.68 bits per heavy atom. The predicted octanol–water partition coefficient (Wildman–Crippen LogP) is 4.75. The number of nitrogens with one attached hydrogen (secondary N) is 2. The van der Waals surface area contributed by atoms with Crippen molar-refractivity contribution in [1.29, 1.82) is 0 Å². The summed E-state index contributed by atoms with van der Waals surface area (Å²) in [6, 6.07) is 20.4. The predicted molar refractivity (Wildman–Crippen MR) is 124 cm³/mol. The van der Waals surface area contributed by atoms with Gasteiger partial charge in [0.05, 0.1) is 17.8 Å². The molecule has 0 unspecified atom stereocenters. The van der Waals surface area contributed by atoms with Crippen LogP contribution in [0.3, 0.4) is 0 Å². The van der Waals surface area contributed by atoms with Gasteiger partial charge >= 0.3 is 0 Å². The van der Waals surface area contributed by atoms with Crippen LogP contribution in [0.4, 0.5) is 17.1 Å². The molecule has 6 nitrogen and oxygen atoms in total. The van der Waals surface area contributed by atoms with Gasteiger partial charge in [0.2, 0.25) is 11.8 Å². The fraction of sp³-hybridized carbons (Fsp3) is 0.125. The summed E-state index contributed by atoms with van der Waals surface area (Å²) in [7, 11) is 0. The Balaban J connectivity index is 1.64. The summed E-state index contributed by atoms with van der Waals surface area (Å²) < 4.78 is 0.892. The number of anilines is 3. The van der Waals surface area contributed by atoms with Gasteiger partial charge in [-0.3, -0.25) is 19.3 Å². The lowest BCUT2D eigenvalue weighted by Crippen LogP contribution is -2.52. The second-order valence-corrected chi connectivity index (χ2v) is 8.24. The van der Waals surface area contributed by atoms with E-state index < -0.39 is 11.9 Å². The molecule has 7 heteroatoms. The lowest BCUT2D eigenvalue weighted by atomic mass is 10.0. The molecule has 0 bridgehead atoms. The van der Waals surface area contributed by atoms with E-state index in [1.54, 1.807) is 48.5 Å². The lowest BCUT2D eigenvalue weighted by molar-refractivity contribution is -0.122. The number of rotatable bonds is 4. The first kappa shape index (κ1) is 20.8. The Kier molecular flexibility index (Phi) is 5.86. The van der Waals surface area contributed by atoms with E-state index in [-0.39, 0.29) is 18.2 Å². The van der Waals surface area contributed by atoms with Gasteiger partial charge in [0, 0.05) is 15.7 Å². The number of aryl methyl sites for hydroxylation is 1. The van der Waals surface area contributed by atoms with E-state index in [2.05, 4.69) is 26.6 Å². The van der Waals surface area contributed by atoms with Crippen molar-refractivity contribution in [3.05, 3.63) is 88.4 Å². The molecule has 0 saturated heterocycles. The maximum absolute atomic E-state index is 13.4. The molecule has 1 atom stereocenters. The summed E-state index contributed by atoms with van der Waals surface area (Å²) in [5.41, 5.74) is 3.19. The molecule has 3 aromatic carbocycles. The zero-order chi connectivity index (χ0) is 22.0. The van der Waals surface area contributed by atoms with Gasteiger partial charge in [0.1, 0.15) is 6.04 Å². The summed E-state index contributed by atoms with van der Waals surface area (Å²) >= 11 is 3.36. The lowest BCUT2D eigenvalue weighted by Gasteiger charge is -2.36. The monoisotopic (exact) mass is 477 g/mol. The SMILES string of the molecule is Cc1ccc(C(=O)N2c3ccccc3NC(=O)[C@@H]2CC(=O)Nc2ccc(Br)cc2)cc1. The number of carbonyl (C=O) groups is 3. The van der Waals surface area contributed by atoms with E-state index in [1.165, 1.54) is 4.90 Å². The molecule has 4 rings (SSSR count). The molecule has 156 valence electrons. The fourth-order valence-electron chi connectivity index (χ4n) is 3.48. The highest BCUT2D eigenvalue weighted by atomic mass is 79.9. The minimum Gasteiger partial charge on any atom is -0.326 e. The maximum atomic E-state index is 13.4. The molecule has 0 spiro atoms. The van der Waals surface area contributed by atoms with Gasteiger partial charge in [-0.15, -0.1) is 0 Å². The van der Waals surface area contributed by atoms with Crippen LogP contribution in [0.1, 0.15) is 22.3 Å². The summed E-state index contributed by atoms with van der Waals surface area (Å²) in [6.07, 6.45) is -0.173. The molecule has 0 saturated carbocycles. The molecular weight excluding hydrogens is 458 g/mol. The minimum atomic E-state index is -0.973. The molecular formula is C24H20BrN3O3. The quantitative estimate of drug-likeness (QED) is 0.568. The van der Waals surface area contributed by atoms with Gasteiger partial charge in [0.25, 0.3) is 5.91 Å². The van der Waals surface area contributed by atoms with Gasteiger partial charge in [-0.25, -0.2) is 0 Å². The van der Waals surface area contributed by atoms with Crippen LogP contribution in [0.25, 0.3) is 0 Å². The van der Waals surface area contributed by atoms with Gasteiger partial charge in [-0.2, -0.15) is 0 Å². The Morgan fingerprint density at radius 3 is 2.39 bits per heavy atom. The zero-order valence-electron chi connectivity index (χ0n) is 16.8. The number of hydrogen-bond donors (Lipinski definition) is 2. The van der Waals surface area contributed by atoms with Crippen LogP contribution in [0.15, 0.2) is 77.3 Å². The number of fused-ring (bicyclic) bond motifs is 1. The first-order chi connectivity index (χ1) is 14.9. The summed E-state index contributed by atoms with van der Waals surface area (Å²) in [4.78, 5) is 40.5. The van der Waals surface area contributed by atoms with Crippen LogP contribution in [0.2, 0.25) is 0 Å². The number of nitrogens with zero attached hydrogens (tertiary/aromatic N) is 1. The number of benzene rings is 3. The largest absolute Gasteiger partial charge is 0.326 e. The van der Waals surface area contributed by atoms with Crippen LogP contribution >= 0.6 is 15.9 Å². The van der Waals surface area contributed by atoms with Crippen LogP contribution in [-0.4, -0.2) is 23.8 Å². The average molecular weight is 478 g/mol. The summed E-state index contributed by atoms with van der Waals surface area (Å²) in [5, 5.41) is 5.60. The second-order valence-electron chi connectivity index (χ2n) is 7.32.